The van der Waals surface area contributed by atoms with Crippen LogP contribution in [0.5, 0.6) is 0 Å². The minimum Gasteiger partial charge on any atom is -0.462 e. The third-order valence-electron chi connectivity index (χ3n) is 12.6. The first-order valence-electron chi connectivity index (χ1n) is 14.2. The van der Waals surface area contributed by atoms with Crippen LogP contribution in [-0.4, -0.2) is 12.1 Å². The van der Waals surface area contributed by atoms with Crippen molar-refractivity contribution in [2.75, 3.05) is 0 Å². The lowest BCUT2D eigenvalue weighted by molar-refractivity contribution is -0.167. The van der Waals surface area contributed by atoms with Gasteiger partial charge in [0.2, 0.25) is 0 Å². The minimum atomic E-state index is -0.120. The van der Waals surface area contributed by atoms with Crippen LogP contribution in [0.4, 0.5) is 0 Å². The van der Waals surface area contributed by atoms with Gasteiger partial charge in [0.05, 0.1) is 0 Å². The van der Waals surface area contributed by atoms with Crippen LogP contribution in [-0.2, 0) is 9.53 Å². The SMILES string of the molecule is CC(=O)O[C@H]1CC[C@]2(C)C3=C(CC[C@H]2C1(C)C)[C@]1(C)CC[C@](C)([C@H](C)CC=C(C)C)[C@@]1(C)CC3. The van der Waals surface area contributed by atoms with Gasteiger partial charge < -0.3 is 4.74 Å². The van der Waals surface area contributed by atoms with E-state index < -0.39 is 0 Å². The van der Waals surface area contributed by atoms with Crippen molar-refractivity contribution in [3.63, 3.8) is 0 Å². The molecule has 0 spiro atoms. The first kappa shape index (κ1) is 26.0. The Morgan fingerprint density at radius 3 is 2.24 bits per heavy atom. The van der Waals surface area contributed by atoms with Gasteiger partial charge in [0.25, 0.3) is 0 Å². The zero-order valence-electron chi connectivity index (χ0n) is 24.0. The van der Waals surface area contributed by atoms with E-state index in [9.17, 15) is 4.79 Å². The summed E-state index contributed by atoms with van der Waals surface area (Å²) in [5, 5.41) is 0. The predicted octanol–water partition coefficient (Wildman–Crippen LogP) is 9.05. The van der Waals surface area contributed by atoms with Crippen molar-refractivity contribution < 1.29 is 9.53 Å². The van der Waals surface area contributed by atoms with Gasteiger partial charge in [-0.3, -0.25) is 4.79 Å². The zero-order chi connectivity index (χ0) is 25.3. The van der Waals surface area contributed by atoms with Gasteiger partial charge >= 0.3 is 5.97 Å². The standard InChI is InChI=1S/C32H52O2/c1-21(2)11-12-22(3)30(8)19-20-31(9)25-13-14-26-28(5,6)27(34-23(4)33)16-17-29(26,7)24(25)15-18-32(30,31)10/h11,22,26-27H,12-20H2,1-10H3/t22-,26+,27+,29-,30-,31+,32-/m1/s1. The van der Waals surface area contributed by atoms with Gasteiger partial charge in [-0.2, -0.15) is 0 Å². The Morgan fingerprint density at radius 2 is 1.62 bits per heavy atom. The number of hydrogen-bond donors (Lipinski definition) is 0. The lowest BCUT2D eigenvalue weighted by Gasteiger charge is -2.63. The van der Waals surface area contributed by atoms with E-state index in [1.807, 2.05) is 11.1 Å². The topological polar surface area (TPSA) is 26.3 Å². The number of allylic oxidation sites excluding steroid dienone is 4. The molecule has 0 unspecified atom stereocenters. The second kappa shape index (κ2) is 8.24. The summed E-state index contributed by atoms with van der Waals surface area (Å²) < 4.78 is 5.88. The molecule has 2 saturated carbocycles. The number of esters is 1. The molecule has 0 bridgehead atoms. The van der Waals surface area contributed by atoms with E-state index in [1.54, 1.807) is 6.92 Å². The highest BCUT2D eigenvalue weighted by Crippen LogP contribution is 2.76. The van der Waals surface area contributed by atoms with Crippen molar-refractivity contribution in [1.82, 2.24) is 0 Å². The van der Waals surface area contributed by atoms with E-state index in [0.29, 0.717) is 28.1 Å². The fourth-order valence-corrected chi connectivity index (χ4v) is 9.89. The summed E-state index contributed by atoms with van der Waals surface area (Å²) in [6.07, 6.45) is 13.7. The molecule has 4 aliphatic carbocycles. The van der Waals surface area contributed by atoms with Crippen molar-refractivity contribution in [1.29, 1.82) is 0 Å². The second-order valence-electron chi connectivity index (χ2n) is 14.4. The Hall–Kier alpha value is -1.05. The molecule has 0 aromatic rings. The highest BCUT2D eigenvalue weighted by molar-refractivity contribution is 5.66. The Bertz CT molecular complexity index is 904. The van der Waals surface area contributed by atoms with Gasteiger partial charge in [0.1, 0.15) is 6.10 Å². The molecule has 4 rings (SSSR count). The van der Waals surface area contributed by atoms with Gasteiger partial charge in [0.15, 0.2) is 0 Å². The highest BCUT2D eigenvalue weighted by Gasteiger charge is 2.67. The summed E-state index contributed by atoms with van der Waals surface area (Å²) in [5.41, 5.74) is 6.47. The van der Waals surface area contributed by atoms with Crippen molar-refractivity contribution in [2.45, 2.75) is 133 Å². The van der Waals surface area contributed by atoms with Crippen molar-refractivity contribution in [3.05, 3.63) is 22.8 Å². The molecule has 0 saturated heterocycles. The molecule has 0 aliphatic heterocycles. The summed E-state index contributed by atoms with van der Waals surface area (Å²) in [4.78, 5) is 11.8. The molecule has 0 amide bonds. The van der Waals surface area contributed by atoms with Crippen LogP contribution in [0, 0.1) is 38.9 Å². The molecule has 0 radical (unpaired) electrons. The largest absolute Gasteiger partial charge is 0.462 e. The fourth-order valence-electron chi connectivity index (χ4n) is 9.89. The van der Waals surface area contributed by atoms with E-state index in [2.05, 4.69) is 68.4 Å². The number of fused-ring (bicyclic) bond motifs is 4. The summed E-state index contributed by atoms with van der Waals surface area (Å²) in [6, 6.07) is 0. The molecule has 0 N–H and O–H groups in total. The van der Waals surface area contributed by atoms with E-state index in [0.717, 1.165) is 6.42 Å². The molecule has 34 heavy (non-hydrogen) atoms. The summed E-state index contributed by atoms with van der Waals surface area (Å²) in [6.45, 7) is 23.9. The number of ether oxygens (including phenoxy) is 1. The van der Waals surface area contributed by atoms with Crippen LogP contribution in [0.3, 0.4) is 0 Å². The maximum Gasteiger partial charge on any atom is 0.302 e. The lowest BCUT2D eigenvalue weighted by Crippen LogP contribution is -2.56. The normalized spacial score (nSPS) is 43.9. The molecule has 7 atom stereocenters. The smallest absolute Gasteiger partial charge is 0.302 e. The summed E-state index contributed by atoms with van der Waals surface area (Å²) in [7, 11) is 0. The van der Waals surface area contributed by atoms with Gasteiger partial charge in [0, 0.05) is 12.3 Å². The van der Waals surface area contributed by atoms with Crippen molar-refractivity contribution >= 4 is 5.97 Å². The summed E-state index contributed by atoms with van der Waals surface area (Å²) in [5.74, 6) is 1.18. The Morgan fingerprint density at radius 1 is 0.941 bits per heavy atom. The Labute approximate surface area is 210 Å². The van der Waals surface area contributed by atoms with Crippen LogP contribution < -0.4 is 0 Å². The van der Waals surface area contributed by atoms with Gasteiger partial charge in [-0.15, -0.1) is 0 Å². The maximum absolute atomic E-state index is 11.8. The van der Waals surface area contributed by atoms with Crippen LogP contribution in [0.2, 0.25) is 0 Å². The third kappa shape index (κ3) is 3.43. The van der Waals surface area contributed by atoms with Crippen LogP contribution >= 0.6 is 0 Å². The average Bonchev–Trinajstić information content (AvgIpc) is 2.96. The molecular weight excluding hydrogens is 416 g/mol. The predicted molar refractivity (Wildman–Crippen MR) is 142 cm³/mol. The van der Waals surface area contributed by atoms with E-state index >= 15 is 0 Å². The van der Waals surface area contributed by atoms with Gasteiger partial charge in [-0.1, -0.05) is 71.3 Å². The van der Waals surface area contributed by atoms with E-state index in [1.165, 1.54) is 56.9 Å². The van der Waals surface area contributed by atoms with Crippen LogP contribution in [0.25, 0.3) is 0 Å². The second-order valence-corrected chi connectivity index (χ2v) is 14.4. The third-order valence-corrected chi connectivity index (χ3v) is 12.6. The first-order valence-corrected chi connectivity index (χ1v) is 14.2. The molecular formula is C32H52O2. The van der Waals surface area contributed by atoms with Crippen molar-refractivity contribution in [3.8, 4) is 0 Å². The van der Waals surface area contributed by atoms with E-state index in [-0.39, 0.29) is 22.9 Å². The summed E-state index contributed by atoms with van der Waals surface area (Å²) >= 11 is 0. The minimum absolute atomic E-state index is 0.0297. The molecule has 2 nitrogen and oxygen atoms in total. The number of rotatable bonds is 4. The van der Waals surface area contributed by atoms with Crippen LogP contribution in [0.15, 0.2) is 22.8 Å². The van der Waals surface area contributed by atoms with Gasteiger partial charge in [-0.25, -0.2) is 0 Å². The first-order chi connectivity index (χ1) is 15.6. The Kier molecular flexibility index (Phi) is 6.31. The van der Waals surface area contributed by atoms with E-state index in [4.69, 9.17) is 4.74 Å². The molecule has 2 fully saturated rings. The zero-order valence-corrected chi connectivity index (χ0v) is 24.0. The molecule has 0 aromatic heterocycles. The molecule has 0 aromatic carbocycles. The molecule has 0 heterocycles. The number of hydrogen-bond acceptors (Lipinski definition) is 2. The number of carbonyl (C=O) groups excluding carboxylic acids is 1. The quantitative estimate of drug-likeness (QED) is 0.304. The van der Waals surface area contributed by atoms with Gasteiger partial charge in [-0.05, 0) is 105 Å². The Balaban J connectivity index is 1.71. The fraction of sp³-hybridized carbons (Fsp3) is 0.844. The van der Waals surface area contributed by atoms with Crippen LogP contribution in [0.1, 0.15) is 127 Å². The lowest BCUT2D eigenvalue weighted by atomic mass is 9.41. The number of carbonyl (C=O) groups is 1. The molecule has 2 heteroatoms. The highest BCUT2D eigenvalue weighted by atomic mass is 16.5. The molecule has 192 valence electrons. The average molecular weight is 469 g/mol. The maximum atomic E-state index is 11.8. The monoisotopic (exact) mass is 468 g/mol. The molecule has 4 aliphatic rings. The van der Waals surface area contributed by atoms with Crippen molar-refractivity contribution in [2.24, 2.45) is 38.9 Å².